The molecule has 1 N–H and O–H groups in total. The highest BCUT2D eigenvalue weighted by atomic mass is 16.2. The zero-order chi connectivity index (χ0) is 9.56. The SMILES string of the molecule is CN(C)/C=C(\C=O)C(=O)NC=O. The molecule has 0 saturated carbocycles. The summed E-state index contributed by atoms with van der Waals surface area (Å²) in [6, 6.07) is 0. The monoisotopic (exact) mass is 170 g/mol. The van der Waals surface area contributed by atoms with Crippen LogP contribution in [0.5, 0.6) is 0 Å². The van der Waals surface area contributed by atoms with E-state index in [0.717, 1.165) is 0 Å². The second kappa shape index (κ2) is 5.06. The highest BCUT2D eigenvalue weighted by Crippen LogP contribution is 1.90. The van der Waals surface area contributed by atoms with Crippen LogP contribution in [0.25, 0.3) is 0 Å². The number of rotatable bonds is 4. The fraction of sp³-hybridized carbons (Fsp3) is 0.286. The standard InChI is InChI=1S/C7H10N2O3/c1-9(2)3-6(4-10)7(12)8-5-11/h3-5H,1-2H3,(H,8,11,12)/b6-3+. The predicted octanol–water partition coefficient (Wildman–Crippen LogP) is -1.10. The average Bonchev–Trinajstić information content (AvgIpc) is 2.00. The Bertz CT molecular complexity index is 221. The summed E-state index contributed by atoms with van der Waals surface area (Å²) in [7, 11) is 3.33. The first kappa shape index (κ1) is 10.3. The van der Waals surface area contributed by atoms with Crippen LogP contribution in [-0.4, -0.2) is 37.6 Å². The van der Waals surface area contributed by atoms with E-state index in [2.05, 4.69) is 0 Å². The van der Waals surface area contributed by atoms with Crippen LogP contribution in [0, 0.1) is 0 Å². The molecule has 0 aliphatic rings. The van der Waals surface area contributed by atoms with Gasteiger partial charge in [0.25, 0.3) is 5.91 Å². The third kappa shape index (κ3) is 3.50. The zero-order valence-corrected chi connectivity index (χ0v) is 6.90. The van der Waals surface area contributed by atoms with E-state index >= 15 is 0 Å². The Morgan fingerprint density at radius 3 is 2.25 bits per heavy atom. The molecule has 66 valence electrons. The summed E-state index contributed by atoms with van der Waals surface area (Å²) in [5.41, 5.74) is -0.0906. The molecule has 0 aromatic rings. The fourth-order valence-corrected chi connectivity index (χ4v) is 0.558. The number of amides is 2. The second-order valence-electron chi connectivity index (χ2n) is 2.26. The van der Waals surface area contributed by atoms with Crippen LogP contribution in [0.1, 0.15) is 0 Å². The molecule has 0 unspecified atom stereocenters. The lowest BCUT2D eigenvalue weighted by molar-refractivity contribution is -0.123. The van der Waals surface area contributed by atoms with Crippen LogP contribution in [0.3, 0.4) is 0 Å². The molecule has 0 spiro atoms. The quantitative estimate of drug-likeness (QED) is 0.252. The van der Waals surface area contributed by atoms with E-state index in [1.807, 2.05) is 5.32 Å². The number of hydrogen-bond donors (Lipinski definition) is 1. The number of aldehydes is 1. The molecule has 5 heteroatoms. The molecule has 0 heterocycles. The Balaban J connectivity index is 4.43. The molecule has 0 fully saturated rings. The van der Waals surface area contributed by atoms with E-state index in [1.165, 1.54) is 11.1 Å². The van der Waals surface area contributed by atoms with Crippen molar-refractivity contribution in [2.75, 3.05) is 14.1 Å². The third-order valence-electron chi connectivity index (χ3n) is 0.976. The van der Waals surface area contributed by atoms with Gasteiger partial charge in [-0.15, -0.1) is 0 Å². The molecule has 0 bridgehead atoms. The fourth-order valence-electron chi connectivity index (χ4n) is 0.558. The first-order valence-electron chi connectivity index (χ1n) is 3.19. The lowest BCUT2D eigenvalue weighted by Crippen LogP contribution is -2.25. The summed E-state index contributed by atoms with van der Waals surface area (Å²) in [4.78, 5) is 32.5. The van der Waals surface area contributed by atoms with Crippen molar-refractivity contribution in [1.82, 2.24) is 10.2 Å². The van der Waals surface area contributed by atoms with Gasteiger partial charge >= 0.3 is 0 Å². The van der Waals surface area contributed by atoms with E-state index in [1.54, 1.807) is 14.1 Å². The van der Waals surface area contributed by atoms with Crippen molar-refractivity contribution in [3.8, 4) is 0 Å². The minimum absolute atomic E-state index is 0.0906. The van der Waals surface area contributed by atoms with Crippen molar-refractivity contribution in [2.45, 2.75) is 0 Å². The van der Waals surface area contributed by atoms with E-state index < -0.39 is 5.91 Å². The van der Waals surface area contributed by atoms with Crippen molar-refractivity contribution in [2.24, 2.45) is 0 Å². The second-order valence-corrected chi connectivity index (χ2v) is 2.26. The highest BCUT2D eigenvalue weighted by molar-refractivity contribution is 6.13. The topological polar surface area (TPSA) is 66.5 Å². The minimum Gasteiger partial charge on any atom is -0.383 e. The molecule has 2 amide bonds. The molecule has 0 aromatic carbocycles. The number of hydrogen-bond acceptors (Lipinski definition) is 4. The van der Waals surface area contributed by atoms with E-state index in [-0.39, 0.29) is 12.0 Å². The summed E-state index contributed by atoms with van der Waals surface area (Å²) in [5, 5.41) is 1.86. The van der Waals surface area contributed by atoms with Crippen LogP contribution in [0.15, 0.2) is 11.8 Å². The molecule has 0 radical (unpaired) electrons. The van der Waals surface area contributed by atoms with Gasteiger partial charge in [0, 0.05) is 20.3 Å². The van der Waals surface area contributed by atoms with Crippen LogP contribution < -0.4 is 5.32 Å². The molecule has 0 aromatic heterocycles. The largest absolute Gasteiger partial charge is 0.383 e. The summed E-state index contributed by atoms with van der Waals surface area (Å²) >= 11 is 0. The molecule has 0 saturated heterocycles. The van der Waals surface area contributed by atoms with Gasteiger partial charge in [0.05, 0.1) is 5.57 Å². The maximum absolute atomic E-state index is 10.8. The Kier molecular flexibility index (Phi) is 4.36. The van der Waals surface area contributed by atoms with Crippen LogP contribution in [0.2, 0.25) is 0 Å². The van der Waals surface area contributed by atoms with Gasteiger partial charge < -0.3 is 4.90 Å². The Morgan fingerprint density at radius 1 is 1.33 bits per heavy atom. The number of imide groups is 1. The van der Waals surface area contributed by atoms with Gasteiger partial charge in [-0.05, 0) is 0 Å². The summed E-state index contributed by atoms with van der Waals surface area (Å²) < 4.78 is 0. The van der Waals surface area contributed by atoms with Crippen molar-refractivity contribution in [3.63, 3.8) is 0 Å². The minimum atomic E-state index is -0.700. The van der Waals surface area contributed by atoms with Crippen molar-refractivity contribution >= 4 is 18.6 Å². The van der Waals surface area contributed by atoms with Crippen molar-refractivity contribution < 1.29 is 14.4 Å². The first-order chi connectivity index (χ1) is 5.61. The van der Waals surface area contributed by atoms with E-state index in [0.29, 0.717) is 6.29 Å². The van der Waals surface area contributed by atoms with E-state index in [9.17, 15) is 14.4 Å². The number of carbonyl (C=O) groups is 3. The van der Waals surface area contributed by atoms with Gasteiger partial charge in [0.15, 0.2) is 6.29 Å². The van der Waals surface area contributed by atoms with Crippen LogP contribution in [0.4, 0.5) is 0 Å². The lowest BCUT2D eigenvalue weighted by Gasteiger charge is -2.05. The molecule has 12 heavy (non-hydrogen) atoms. The highest BCUT2D eigenvalue weighted by Gasteiger charge is 2.06. The molecular formula is C7H10N2O3. The summed E-state index contributed by atoms with van der Waals surface area (Å²) in [6.45, 7) is 0. The third-order valence-corrected chi connectivity index (χ3v) is 0.976. The average molecular weight is 170 g/mol. The maximum Gasteiger partial charge on any atom is 0.262 e. The maximum atomic E-state index is 10.8. The Morgan fingerprint density at radius 2 is 1.92 bits per heavy atom. The molecule has 0 aliphatic heterocycles. The number of carbonyl (C=O) groups excluding carboxylic acids is 3. The molecular weight excluding hydrogens is 160 g/mol. The smallest absolute Gasteiger partial charge is 0.262 e. The van der Waals surface area contributed by atoms with Crippen molar-refractivity contribution in [3.05, 3.63) is 11.8 Å². The van der Waals surface area contributed by atoms with E-state index in [4.69, 9.17) is 0 Å². The lowest BCUT2D eigenvalue weighted by atomic mass is 10.3. The molecule has 0 aliphatic carbocycles. The van der Waals surface area contributed by atoms with Gasteiger partial charge in [0.1, 0.15) is 0 Å². The first-order valence-corrected chi connectivity index (χ1v) is 3.19. The Hall–Kier alpha value is -1.65. The van der Waals surface area contributed by atoms with Crippen LogP contribution in [-0.2, 0) is 14.4 Å². The molecule has 5 nitrogen and oxygen atoms in total. The van der Waals surface area contributed by atoms with Crippen molar-refractivity contribution in [1.29, 1.82) is 0 Å². The van der Waals surface area contributed by atoms with Gasteiger partial charge in [0.2, 0.25) is 6.41 Å². The summed E-state index contributed by atoms with van der Waals surface area (Å²) in [6.07, 6.45) is 1.94. The summed E-state index contributed by atoms with van der Waals surface area (Å²) in [5.74, 6) is -0.700. The van der Waals surface area contributed by atoms with Crippen LogP contribution >= 0.6 is 0 Å². The Labute approximate surface area is 70.0 Å². The van der Waals surface area contributed by atoms with Gasteiger partial charge in [-0.1, -0.05) is 0 Å². The van der Waals surface area contributed by atoms with Gasteiger partial charge in [-0.25, -0.2) is 0 Å². The zero-order valence-electron chi connectivity index (χ0n) is 6.90. The predicted molar refractivity (Wildman–Crippen MR) is 42.0 cm³/mol. The molecule has 0 rings (SSSR count). The van der Waals surface area contributed by atoms with Gasteiger partial charge in [-0.2, -0.15) is 0 Å². The number of nitrogens with one attached hydrogen (secondary N) is 1. The molecule has 0 atom stereocenters. The van der Waals surface area contributed by atoms with Gasteiger partial charge in [-0.3, -0.25) is 19.7 Å². The number of nitrogens with zero attached hydrogens (tertiary/aromatic N) is 1. The normalized spacial score (nSPS) is 10.3.